The first-order valence-electron chi connectivity index (χ1n) is 9.79. The van der Waals surface area contributed by atoms with E-state index in [2.05, 4.69) is 20.1 Å². The van der Waals surface area contributed by atoms with Crippen molar-refractivity contribution in [3.63, 3.8) is 0 Å². The molecule has 0 aromatic carbocycles. The van der Waals surface area contributed by atoms with Gasteiger partial charge in [0.05, 0.1) is 40.4 Å². The second kappa shape index (κ2) is 6.30. The first kappa shape index (κ1) is 17.7. The highest BCUT2D eigenvalue weighted by Crippen LogP contribution is 2.43. The lowest BCUT2D eigenvalue weighted by Crippen LogP contribution is -2.43. The summed E-state index contributed by atoms with van der Waals surface area (Å²) < 4.78 is 3.81. The Balaban J connectivity index is 1.40. The number of halogens is 1. The van der Waals surface area contributed by atoms with Gasteiger partial charge in [0.15, 0.2) is 5.65 Å². The van der Waals surface area contributed by atoms with E-state index in [1.54, 1.807) is 0 Å². The molecule has 2 aliphatic heterocycles. The van der Waals surface area contributed by atoms with Crippen molar-refractivity contribution < 1.29 is 4.79 Å². The van der Waals surface area contributed by atoms with Gasteiger partial charge in [-0.25, -0.2) is 9.50 Å². The fourth-order valence-electron chi connectivity index (χ4n) is 4.80. The molecule has 5 rings (SSSR count). The standard InChI is InChI=1S/C20H23ClN6O/c1-11-8-18-22-10-15-16-5-4-14(9-17(15)27(18)23-11)26(16)19(28)6-7-25-13(3)20(21)12(2)24-25/h8,10,14,16H,4-7,9H2,1-3H3/t14-,16+/m1/s1. The number of hydrogen-bond donors (Lipinski definition) is 0. The first-order chi connectivity index (χ1) is 13.4. The lowest BCUT2D eigenvalue weighted by Gasteiger charge is -2.36. The van der Waals surface area contributed by atoms with Gasteiger partial charge in [-0.15, -0.1) is 0 Å². The molecule has 0 spiro atoms. The van der Waals surface area contributed by atoms with Crippen LogP contribution in [0.2, 0.25) is 5.02 Å². The number of fused-ring (bicyclic) bond motifs is 6. The molecule has 2 aliphatic rings. The van der Waals surface area contributed by atoms with Gasteiger partial charge in [0, 0.05) is 36.7 Å². The molecule has 1 amide bonds. The van der Waals surface area contributed by atoms with Crippen molar-refractivity contribution in [1.29, 1.82) is 0 Å². The van der Waals surface area contributed by atoms with Gasteiger partial charge >= 0.3 is 0 Å². The van der Waals surface area contributed by atoms with E-state index in [0.29, 0.717) is 18.0 Å². The Morgan fingerprint density at radius 3 is 2.82 bits per heavy atom. The molecule has 7 nitrogen and oxygen atoms in total. The van der Waals surface area contributed by atoms with E-state index in [4.69, 9.17) is 11.6 Å². The summed E-state index contributed by atoms with van der Waals surface area (Å²) in [6.07, 6.45) is 5.22. The van der Waals surface area contributed by atoms with E-state index in [9.17, 15) is 4.79 Å². The molecule has 0 saturated carbocycles. The Labute approximate surface area is 168 Å². The van der Waals surface area contributed by atoms with Crippen LogP contribution in [-0.4, -0.2) is 41.2 Å². The van der Waals surface area contributed by atoms with Gasteiger partial charge in [0.1, 0.15) is 0 Å². The van der Waals surface area contributed by atoms with Crippen LogP contribution in [0.15, 0.2) is 12.3 Å². The molecular weight excluding hydrogens is 376 g/mol. The van der Waals surface area contributed by atoms with E-state index in [1.165, 1.54) is 5.69 Å². The van der Waals surface area contributed by atoms with Crippen LogP contribution in [-0.2, 0) is 17.8 Å². The zero-order valence-electron chi connectivity index (χ0n) is 16.3. The fourth-order valence-corrected chi connectivity index (χ4v) is 4.94. The Hall–Kier alpha value is -2.41. The highest BCUT2D eigenvalue weighted by Gasteiger charge is 2.43. The monoisotopic (exact) mass is 398 g/mol. The van der Waals surface area contributed by atoms with Crippen molar-refractivity contribution in [3.05, 3.63) is 45.6 Å². The molecule has 2 atom stereocenters. The second-order valence-electron chi connectivity index (χ2n) is 7.93. The number of aryl methyl sites for hydroxylation is 3. The fraction of sp³-hybridized carbons (Fsp3) is 0.500. The summed E-state index contributed by atoms with van der Waals surface area (Å²) in [4.78, 5) is 19.8. The number of carbonyl (C=O) groups excluding carboxylic acids is 1. The quantitative estimate of drug-likeness (QED) is 0.679. The number of rotatable bonds is 3. The SMILES string of the molecule is Cc1cc2ncc3c(n2n1)C[C@H]1CC[C@@H]3N1C(=O)CCn1nc(C)c(Cl)c1C. The number of amides is 1. The van der Waals surface area contributed by atoms with E-state index in [-0.39, 0.29) is 18.0 Å². The van der Waals surface area contributed by atoms with Crippen LogP contribution in [0.3, 0.4) is 0 Å². The van der Waals surface area contributed by atoms with Crippen LogP contribution >= 0.6 is 11.6 Å². The van der Waals surface area contributed by atoms with Crippen LogP contribution in [0, 0.1) is 20.8 Å². The van der Waals surface area contributed by atoms with Crippen molar-refractivity contribution >= 4 is 23.2 Å². The second-order valence-corrected chi connectivity index (χ2v) is 8.30. The lowest BCUT2D eigenvalue weighted by atomic mass is 9.98. The van der Waals surface area contributed by atoms with Crippen molar-refractivity contribution in [2.45, 2.75) is 65.1 Å². The van der Waals surface area contributed by atoms with Crippen LogP contribution in [0.4, 0.5) is 0 Å². The summed E-state index contributed by atoms with van der Waals surface area (Å²) in [5, 5.41) is 9.75. The molecule has 0 unspecified atom stereocenters. The molecule has 3 aromatic heterocycles. The predicted molar refractivity (Wildman–Crippen MR) is 105 cm³/mol. The molecule has 146 valence electrons. The normalized spacial score (nSPS) is 20.8. The van der Waals surface area contributed by atoms with E-state index in [1.807, 2.05) is 42.2 Å². The topological polar surface area (TPSA) is 68.3 Å². The molecule has 3 aromatic rings. The average molecular weight is 399 g/mol. The zero-order chi connectivity index (χ0) is 19.6. The first-order valence-corrected chi connectivity index (χ1v) is 10.2. The average Bonchev–Trinajstić information content (AvgIpc) is 3.29. The molecule has 0 aliphatic carbocycles. The Morgan fingerprint density at radius 1 is 1.25 bits per heavy atom. The summed E-state index contributed by atoms with van der Waals surface area (Å²) in [6, 6.07) is 2.34. The minimum Gasteiger partial charge on any atom is -0.332 e. The predicted octanol–water partition coefficient (Wildman–Crippen LogP) is 3.18. The minimum atomic E-state index is 0.103. The maximum atomic E-state index is 13.1. The van der Waals surface area contributed by atoms with Crippen molar-refractivity contribution in [1.82, 2.24) is 29.3 Å². The number of hydrogen-bond acceptors (Lipinski definition) is 4. The van der Waals surface area contributed by atoms with Crippen LogP contribution in [0.25, 0.3) is 5.65 Å². The summed E-state index contributed by atoms with van der Waals surface area (Å²) >= 11 is 6.23. The summed E-state index contributed by atoms with van der Waals surface area (Å²) in [5.41, 5.74) is 5.93. The third kappa shape index (κ3) is 2.56. The van der Waals surface area contributed by atoms with E-state index in [0.717, 1.165) is 47.6 Å². The van der Waals surface area contributed by atoms with Crippen LogP contribution in [0.1, 0.15) is 53.6 Å². The maximum Gasteiger partial charge on any atom is 0.225 e. The van der Waals surface area contributed by atoms with Crippen molar-refractivity contribution in [2.75, 3.05) is 0 Å². The van der Waals surface area contributed by atoms with Gasteiger partial charge in [-0.2, -0.15) is 10.2 Å². The number of nitrogens with zero attached hydrogens (tertiary/aromatic N) is 6. The van der Waals surface area contributed by atoms with Gasteiger partial charge in [-0.1, -0.05) is 11.6 Å². The van der Waals surface area contributed by atoms with Crippen molar-refractivity contribution in [3.8, 4) is 0 Å². The third-order valence-electron chi connectivity index (χ3n) is 6.15. The van der Waals surface area contributed by atoms with Gasteiger partial charge in [0.2, 0.25) is 5.91 Å². The van der Waals surface area contributed by atoms with Crippen LogP contribution in [0.5, 0.6) is 0 Å². The number of carbonyl (C=O) groups is 1. The third-order valence-corrected chi connectivity index (χ3v) is 6.69. The Bertz CT molecular complexity index is 1100. The Morgan fingerprint density at radius 2 is 2.07 bits per heavy atom. The number of aromatic nitrogens is 5. The molecular formula is C20H23ClN6O. The van der Waals surface area contributed by atoms with Gasteiger partial charge in [-0.3, -0.25) is 9.48 Å². The molecule has 28 heavy (non-hydrogen) atoms. The largest absolute Gasteiger partial charge is 0.332 e. The van der Waals surface area contributed by atoms with E-state index < -0.39 is 0 Å². The highest BCUT2D eigenvalue weighted by molar-refractivity contribution is 6.31. The molecule has 0 N–H and O–H groups in total. The summed E-state index contributed by atoms with van der Waals surface area (Å²) in [6.45, 7) is 6.37. The maximum absolute atomic E-state index is 13.1. The highest BCUT2D eigenvalue weighted by atomic mass is 35.5. The summed E-state index contributed by atoms with van der Waals surface area (Å²) in [7, 11) is 0. The zero-order valence-corrected chi connectivity index (χ0v) is 17.1. The Kier molecular flexibility index (Phi) is 3.98. The summed E-state index contributed by atoms with van der Waals surface area (Å²) in [5.74, 6) is 0.179. The smallest absolute Gasteiger partial charge is 0.225 e. The lowest BCUT2D eigenvalue weighted by molar-refractivity contribution is -0.135. The van der Waals surface area contributed by atoms with E-state index >= 15 is 0 Å². The molecule has 5 heterocycles. The molecule has 1 fully saturated rings. The molecule has 8 heteroatoms. The van der Waals surface area contributed by atoms with Crippen LogP contribution < -0.4 is 0 Å². The molecule has 2 bridgehead atoms. The minimum absolute atomic E-state index is 0.103. The van der Waals surface area contributed by atoms with Gasteiger partial charge in [0.25, 0.3) is 0 Å². The molecule has 1 saturated heterocycles. The molecule has 0 radical (unpaired) electrons. The van der Waals surface area contributed by atoms with Gasteiger partial charge in [-0.05, 0) is 33.6 Å². The van der Waals surface area contributed by atoms with Crippen molar-refractivity contribution in [2.24, 2.45) is 0 Å². The van der Waals surface area contributed by atoms with Gasteiger partial charge < -0.3 is 4.90 Å².